The quantitative estimate of drug-likeness (QED) is 0.893. The summed E-state index contributed by atoms with van der Waals surface area (Å²) in [7, 11) is 0. The number of benzene rings is 1. The molecule has 0 aliphatic rings. The van der Waals surface area contributed by atoms with Crippen LogP contribution in [0.5, 0.6) is 0 Å². The third kappa shape index (κ3) is 4.33. The van der Waals surface area contributed by atoms with Crippen molar-refractivity contribution in [3.05, 3.63) is 28.7 Å². The molecule has 0 fully saturated rings. The minimum absolute atomic E-state index is 0.0384. The van der Waals surface area contributed by atoms with Gasteiger partial charge >= 0.3 is 0 Å². The van der Waals surface area contributed by atoms with E-state index in [4.69, 9.17) is 5.73 Å². The van der Waals surface area contributed by atoms with Crippen molar-refractivity contribution >= 4 is 27.5 Å². The smallest absolute Gasteiger partial charge is 0.225 e. The van der Waals surface area contributed by atoms with Gasteiger partial charge in [0, 0.05) is 22.6 Å². The molecule has 0 aromatic heterocycles. The Bertz CT molecular complexity index is 349. The molecule has 1 atom stereocenters. The average molecular weight is 285 g/mol. The molecule has 3 nitrogen and oxygen atoms in total. The van der Waals surface area contributed by atoms with Gasteiger partial charge in [-0.25, -0.2) is 0 Å². The van der Waals surface area contributed by atoms with E-state index in [0.717, 1.165) is 10.2 Å². The van der Waals surface area contributed by atoms with Crippen LogP contribution in [0.15, 0.2) is 28.7 Å². The van der Waals surface area contributed by atoms with Gasteiger partial charge in [-0.2, -0.15) is 0 Å². The number of halogens is 1. The van der Waals surface area contributed by atoms with Gasteiger partial charge in [0.2, 0.25) is 5.91 Å². The van der Waals surface area contributed by atoms with E-state index in [0.29, 0.717) is 12.3 Å². The first-order valence-corrected chi connectivity index (χ1v) is 6.09. The number of nitrogens with one attached hydrogen (secondary N) is 1. The molecule has 0 spiro atoms. The van der Waals surface area contributed by atoms with E-state index in [2.05, 4.69) is 21.2 Å². The molecule has 1 aromatic rings. The highest BCUT2D eigenvalue weighted by Gasteiger charge is 2.12. The molecule has 0 saturated heterocycles. The fraction of sp³-hybridized carbons (Fsp3) is 0.417. The highest BCUT2D eigenvalue weighted by molar-refractivity contribution is 9.10. The monoisotopic (exact) mass is 284 g/mol. The molecule has 3 N–H and O–H groups in total. The molecule has 0 bridgehead atoms. The molecule has 0 aliphatic carbocycles. The first-order valence-electron chi connectivity index (χ1n) is 5.30. The van der Waals surface area contributed by atoms with Gasteiger partial charge in [0.25, 0.3) is 0 Å². The second kappa shape index (κ2) is 6.01. The lowest BCUT2D eigenvalue weighted by molar-refractivity contribution is -0.116. The van der Waals surface area contributed by atoms with Crippen LogP contribution in [0.4, 0.5) is 5.69 Å². The van der Waals surface area contributed by atoms with Crippen molar-refractivity contribution in [3.8, 4) is 0 Å². The maximum absolute atomic E-state index is 11.6. The van der Waals surface area contributed by atoms with E-state index < -0.39 is 0 Å². The summed E-state index contributed by atoms with van der Waals surface area (Å²) >= 11 is 3.34. The zero-order valence-electron chi connectivity index (χ0n) is 9.53. The number of nitrogens with two attached hydrogens (primary N) is 1. The number of rotatable bonds is 4. The Kier molecular flexibility index (Phi) is 4.96. The Balaban J connectivity index is 2.48. The minimum atomic E-state index is -0.0875. The zero-order chi connectivity index (χ0) is 12.1. The van der Waals surface area contributed by atoms with Crippen LogP contribution in [0, 0.1) is 5.92 Å². The van der Waals surface area contributed by atoms with Crippen molar-refractivity contribution in [2.45, 2.75) is 26.3 Å². The van der Waals surface area contributed by atoms with E-state index in [1.54, 1.807) is 0 Å². The van der Waals surface area contributed by atoms with Gasteiger partial charge < -0.3 is 11.1 Å². The van der Waals surface area contributed by atoms with E-state index in [1.807, 2.05) is 38.1 Å². The molecule has 0 radical (unpaired) electrons. The summed E-state index contributed by atoms with van der Waals surface area (Å²) in [5, 5.41) is 2.82. The van der Waals surface area contributed by atoms with Crippen molar-refractivity contribution < 1.29 is 4.79 Å². The van der Waals surface area contributed by atoms with Crippen LogP contribution in [0.3, 0.4) is 0 Å². The lowest BCUT2D eigenvalue weighted by Crippen LogP contribution is -2.31. The summed E-state index contributed by atoms with van der Waals surface area (Å²) in [5.74, 6) is 0.277. The largest absolute Gasteiger partial charge is 0.327 e. The maximum atomic E-state index is 11.6. The van der Waals surface area contributed by atoms with Crippen LogP contribution in [0.1, 0.15) is 20.3 Å². The van der Waals surface area contributed by atoms with Gasteiger partial charge in [-0.15, -0.1) is 0 Å². The molecular weight excluding hydrogens is 268 g/mol. The molecule has 1 aromatic carbocycles. The number of amides is 1. The SMILES string of the molecule is CC(C)C(N)CC(=O)Nc1ccc(Br)cc1. The Labute approximate surface area is 105 Å². The van der Waals surface area contributed by atoms with Gasteiger partial charge in [-0.3, -0.25) is 4.79 Å². The van der Waals surface area contributed by atoms with Crippen molar-refractivity contribution in [1.29, 1.82) is 0 Å². The Morgan fingerprint density at radius 3 is 2.44 bits per heavy atom. The van der Waals surface area contributed by atoms with E-state index >= 15 is 0 Å². The number of hydrogen-bond acceptors (Lipinski definition) is 2. The molecule has 0 heterocycles. The van der Waals surface area contributed by atoms with Gasteiger partial charge in [0.05, 0.1) is 0 Å². The van der Waals surface area contributed by atoms with Crippen LogP contribution >= 0.6 is 15.9 Å². The predicted octanol–water partition coefficient (Wildman–Crippen LogP) is 2.76. The lowest BCUT2D eigenvalue weighted by Gasteiger charge is -2.14. The summed E-state index contributed by atoms with van der Waals surface area (Å²) in [6, 6.07) is 7.39. The second-order valence-corrected chi connectivity index (χ2v) is 5.08. The van der Waals surface area contributed by atoms with Crippen molar-refractivity contribution in [3.63, 3.8) is 0 Å². The summed E-state index contributed by atoms with van der Waals surface area (Å²) in [6.45, 7) is 4.02. The van der Waals surface area contributed by atoms with Gasteiger partial charge in [0.15, 0.2) is 0 Å². The minimum Gasteiger partial charge on any atom is -0.327 e. The first kappa shape index (κ1) is 13.2. The summed E-state index contributed by atoms with van der Waals surface area (Å²) in [4.78, 5) is 11.6. The lowest BCUT2D eigenvalue weighted by atomic mass is 10.0. The maximum Gasteiger partial charge on any atom is 0.225 e. The van der Waals surface area contributed by atoms with E-state index in [1.165, 1.54) is 0 Å². The Hall–Kier alpha value is -0.870. The molecular formula is C12H17BrN2O. The van der Waals surface area contributed by atoms with Gasteiger partial charge in [0.1, 0.15) is 0 Å². The number of hydrogen-bond donors (Lipinski definition) is 2. The van der Waals surface area contributed by atoms with Crippen LogP contribution in [-0.4, -0.2) is 11.9 Å². The number of carbonyl (C=O) groups is 1. The molecule has 1 unspecified atom stereocenters. The fourth-order valence-corrected chi connectivity index (χ4v) is 1.46. The van der Waals surface area contributed by atoms with Crippen molar-refractivity contribution in [2.75, 3.05) is 5.32 Å². The standard InChI is InChI=1S/C12H17BrN2O/c1-8(2)11(14)7-12(16)15-10-5-3-9(13)4-6-10/h3-6,8,11H,7,14H2,1-2H3,(H,15,16). The molecule has 16 heavy (non-hydrogen) atoms. The zero-order valence-corrected chi connectivity index (χ0v) is 11.1. The van der Waals surface area contributed by atoms with Crippen molar-refractivity contribution in [1.82, 2.24) is 0 Å². The van der Waals surface area contributed by atoms with Gasteiger partial charge in [-0.1, -0.05) is 29.8 Å². The third-order valence-corrected chi connectivity index (χ3v) is 2.93. The highest BCUT2D eigenvalue weighted by atomic mass is 79.9. The molecule has 0 aliphatic heterocycles. The molecule has 1 rings (SSSR count). The van der Waals surface area contributed by atoms with Crippen LogP contribution in [0.25, 0.3) is 0 Å². The van der Waals surface area contributed by atoms with Crippen LogP contribution < -0.4 is 11.1 Å². The molecule has 4 heteroatoms. The Morgan fingerprint density at radius 2 is 1.94 bits per heavy atom. The summed E-state index contributed by atoms with van der Waals surface area (Å²) in [6.07, 6.45) is 0.355. The normalized spacial score (nSPS) is 12.6. The molecule has 0 saturated carbocycles. The second-order valence-electron chi connectivity index (χ2n) is 4.17. The van der Waals surface area contributed by atoms with Crippen LogP contribution in [-0.2, 0) is 4.79 Å². The predicted molar refractivity (Wildman–Crippen MR) is 70.2 cm³/mol. The first-order chi connectivity index (χ1) is 7.49. The van der Waals surface area contributed by atoms with Crippen molar-refractivity contribution in [2.24, 2.45) is 11.7 Å². The highest BCUT2D eigenvalue weighted by Crippen LogP contribution is 2.14. The molecule has 1 amide bonds. The number of anilines is 1. The number of carbonyl (C=O) groups excluding carboxylic acids is 1. The third-order valence-electron chi connectivity index (χ3n) is 2.41. The topological polar surface area (TPSA) is 55.1 Å². The van der Waals surface area contributed by atoms with Crippen LogP contribution in [0.2, 0.25) is 0 Å². The van der Waals surface area contributed by atoms with Gasteiger partial charge in [-0.05, 0) is 30.2 Å². The summed E-state index contributed by atoms with van der Waals surface area (Å²) < 4.78 is 0.990. The van der Waals surface area contributed by atoms with E-state index in [9.17, 15) is 4.79 Å². The fourth-order valence-electron chi connectivity index (χ4n) is 1.20. The molecule has 88 valence electrons. The van der Waals surface area contributed by atoms with E-state index in [-0.39, 0.29) is 11.9 Å². The summed E-state index contributed by atoms with van der Waals surface area (Å²) in [5.41, 5.74) is 6.62. The average Bonchev–Trinajstić information content (AvgIpc) is 2.21. The Morgan fingerprint density at radius 1 is 1.38 bits per heavy atom.